The third kappa shape index (κ3) is 2.47. The number of hydrogen-bond acceptors (Lipinski definition) is 1. The van der Waals surface area contributed by atoms with Gasteiger partial charge < -0.3 is 12.9 Å². The minimum absolute atomic E-state index is 0.280. The molecule has 0 aliphatic heterocycles. The van der Waals surface area contributed by atoms with Crippen molar-refractivity contribution in [3.05, 3.63) is 35.5 Å². The second-order valence-corrected chi connectivity index (χ2v) is 4.09. The lowest BCUT2D eigenvalue weighted by Gasteiger charge is -2.17. The minimum Gasteiger partial charge on any atom is -0.445 e. The summed E-state index contributed by atoms with van der Waals surface area (Å²) in [6, 6.07) is 5.45. The molecular weight excluding hydrogens is 251 g/mol. The predicted octanol–water partition coefficient (Wildman–Crippen LogP) is 2.79. The summed E-state index contributed by atoms with van der Waals surface area (Å²) < 4.78 is 39.6. The molecule has 0 aliphatic rings. The zero-order valence-corrected chi connectivity index (χ0v) is 9.63. The Hall–Kier alpha value is -1.43. The van der Waals surface area contributed by atoms with Crippen molar-refractivity contribution < 1.29 is 12.9 Å². The molecule has 17 heavy (non-hydrogen) atoms. The molecule has 0 atom stereocenters. The van der Waals surface area contributed by atoms with Gasteiger partial charge in [0.2, 0.25) is 0 Å². The van der Waals surface area contributed by atoms with E-state index in [1.165, 1.54) is 16.8 Å². The van der Waals surface area contributed by atoms with E-state index in [-0.39, 0.29) is 5.02 Å². The lowest BCUT2D eigenvalue weighted by molar-refractivity contribution is 0.501. The lowest BCUT2D eigenvalue weighted by atomic mass is 9.79. The SMILES string of the molecule is Cn1ccc(-c2ccc(Cl)c([B-](F)(F)F)c2)n1. The van der Waals surface area contributed by atoms with Crippen molar-refractivity contribution in [3.8, 4) is 11.3 Å². The summed E-state index contributed by atoms with van der Waals surface area (Å²) in [5.41, 5.74) is 0.115. The van der Waals surface area contributed by atoms with Crippen molar-refractivity contribution in [2.24, 2.45) is 7.05 Å². The first-order valence-corrected chi connectivity index (χ1v) is 5.25. The van der Waals surface area contributed by atoms with Crippen molar-refractivity contribution in [2.75, 3.05) is 0 Å². The van der Waals surface area contributed by atoms with E-state index >= 15 is 0 Å². The first-order chi connectivity index (χ1) is 7.88. The Morgan fingerprint density at radius 2 is 1.94 bits per heavy atom. The average molecular weight is 259 g/mol. The molecule has 0 N–H and O–H groups in total. The van der Waals surface area contributed by atoms with E-state index in [2.05, 4.69) is 5.10 Å². The summed E-state index contributed by atoms with van der Waals surface area (Å²) in [4.78, 5) is 0. The van der Waals surface area contributed by atoms with Crippen LogP contribution in [0.4, 0.5) is 12.9 Å². The lowest BCUT2D eigenvalue weighted by Crippen LogP contribution is -2.34. The fourth-order valence-electron chi connectivity index (χ4n) is 1.52. The van der Waals surface area contributed by atoms with Crippen LogP contribution in [0.15, 0.2) is 30.5 Å². The van der Waals surface area contributed by atoms with Crippen LogP contribution in [0.25, 0.3) is 11.3 Å². The number of hydrogen-bond donors (Lipinski definition) is 0. The Morgan fingerprint density at radius 3 is 2.47 bits per heavy atom. The van der Waals surface area contributed by atoms with Crippen LogP contribution in [0.3, 0.4) is 0 Å². The van der Waals surface area contributed by atoms with Crippen molar-refractivity contribution in [3.63, 3.8) is 0 Å². The fourth-order valence-corrected chi connectivity index (χ4v) is 1.76. The molecule has 90 valence electrons. The molecule has 0 spiro atoms. The monoisotopic (exact) mass is 259 g/mol. The van der Waals surface area contributed by atoms with E-state index in [0.717, 1.165) is 6.07 Å². The second kappa shape index (κ2) is 4.11. The van der Waals surface area contributed by atoms with Crippen LogP contribution in [0.2, 0.25) is 5.02 Å². The van der Waals surface area contributed by atoms with E-state index < -0.39 is 12.4 Å². The predicted molar refractivity (Wildman–Crippen MR) is 62.4 cm³/mol. The average Bonchev–Trinajstić information content (AvgIpc) is 2.64. The van der Waals surface area contributed by atoms with Crippen LogP contribution in [-0.2, 0) is 7.05 Å². The van der Waals surface area contributed by atoms with Crippen LogP contribution >= 0.6 is 11.6 Å². The van der Waals surface area contributed by atoms with Gasteiger partial charge >= 0.3 is 6.98 Å². The number of benzene rings is 1. The zero-order valence-electron chi connectivity index (χ0n) is 8.87. The molecule has 0 unspecified atom stereocenters. The van der Waals surface area contributed by atoms with E-state index in [4.69, 9.17) is 11.6 Å². The van der Waals surface area contributed by atoms with Crippen molar-refractivity contribution >= 4 is 24.0 Å². The topological polar surface area (TPSA) is 17.8 Å². The molecule has 0 bridgehead atoms. The molecule has 0 fully saturated rings. The van der Waals surface area contributed by atoms with Gasteiger partial charge in [-0.15, -0.1) is 0 Å². The van der Waals surface area contributed by atoms with Crippen LogP contribution in [0.1, 0.15) is 0 Å². The van der Waals surface area contributed by atoms with Gasteiger partial charge in [0.1, 0.15) is 0 Å². The first kappa shape index (κ1) is 12.0. The molecule has 0 amide bonds. The van der Waals surface area contributed by atoms with Crippen LogP contribution in [0, 0.1) is 0 Å². The molecule has 1 aromatic heterocycles. The van der Waals surface area contributed by atoms with Crippen molar-refractivity contribution in [1.29, 1.82) is 0 Å². The van der Waals surface area contributed by atoms with Gasteiger partial charge in [-0.2, -0.15) is 5.10 Å². The molecule has 2 nitrogen and oxygen atoms in total. The Kier molecular flexibility index (Phi) is 2.91. The molecule has 0 saturated heterocycles. The number of aryl methyl sites for hydroxylation is 1. The Balaban J connectivity index is 2.51. The number of rotatable bonds is 2. The van der Waals surface area contributed by atoms with E-state index in [0.29, 0.717) is 11.3 Å². The highest BCUT2D eigenvalue weighted by molar-refractivity contribution is 6.76. The Bertz CT molecular complexity index is 551. The van der Waals surface area contributed by atoms with E-state index in [1.807, 2.05) is 0 Å². The van der Waals surface area contributed by atoms with Crippen LogP contribution < -0.4 is 5.46 Å². The summed E-state index contributed by atoms with van der Waals surface area (Å²) in [6.45, 7) is -5.11. The summed E-state index contributed by atoms with van der Waals surface area (Å²) in [6.07, 6.45) is 1.67. The maximum absolute atomic E-state index is 12.7. The molecule has 2 rings (SSSR count). The quantitative estimate of drug-likeness (QED) is 0.758. The van der Waals surface area contributed by atoms with E-state index in [9.17, 15) is 12.9 Å². The maximum Gasteiger partial charge on any atom is 0.511 e. The summed E-state index contributed by atoms with van der Waals surface area (Å²) in [7, 11) is 1.70. The highest BCUT2D eigenvalue weighted by Crippen LogP contribution is 2.22. The maximum atomic E-state index is 12.7. The largest absolute Gasteiger partial charge is 0.511 e. The molecule has 0 radical (unpaired) electrons. The number of nitrogens with zero attached hydrogens (tertiary/aromatic N) is 2. The molecule has 1 heterocycles. The summed E-state index contributed by atoms with van der Waals surface area (Å²) in [5.74, 6) is 0. The van der Waals surface area contributed by atoms with Crippen molar-refractivity contribution in [1.82, 2.24) is 9.78 Å². The highest BCUT2D eigenvalue weighted by Gasteiger charge is 2.28. The van der Waals surface area contributed by atoms with Gasteiger partial charge in [-0.25, -0.2) is 0 Å². The third-order valence-corrected chi connectivity index (χ3v) is 2.70. The summed E-state index contributed by atoms with van der Waals surface area (Å²) in [5, 5.41) is 3.77. The van der Waals surface area contributed by atoms with Gasteiger partial charge in [0.05, 0.1) is 5.69 Å². The zero-order chi connectivity index (χ0) is 12.6. The number of halogens is 4. The van der Waals surface area contributed by atoms with Crippen LogP contribution in [0.5, 0.6) is 0 Å². The van der Waals surface area contributed by atoms with Gasteiger partial charge in [0.25, 0.3) is 0 Å². The van der Waals surface area contributed by atoms with Gasteiger partial charge in [-0.05, 0) is 17.7 Å². The second-order valence-electron chi connectivity index (χ2n) is 3.69. The fraction of sp³-hybridized carbons (Fsp3) is 0.100. The van der Waals surface area contributed by atoms with Gasteiger partial charge in [-0.1, -0.05) is 29.2 Å². The first-order valence-electron chi connectivity index (χ1n) is 4.87. The normalized spacial score (nSPS) is 11.8. The highest BCUT2D eigenvalue weighted by atomic mass is 35.5. The smallest absolute Gasteiger partial charge is 0.445 e. The minimum atomic E-state index is -5.11. The number of aromatic nitrogens is 2. The molecule has 0 aliphatic carbocycles. The summed E-state index contributed by atoms with van der Waals surface area (Å²) >= 11 is 5.54. The molecule has 0 saturated carbocycles. The third-order valence-electron chi connectivity index (χ3n) is 2.36. The molecular formula is C10H8BClF3N2-. The van der Waals surface area contributed by atoms with E-state index in [1.54, 1.807) is 19.3 Å². The Labute approximate surface area is 101 Å². The molecule has 1 aromatic carbocycles. The molecule has 7 heteroatoms. The van der Waals surface area contributed by atoms with Gasteiger partial charge in [0.15, 0.2) is 0 Å². The Morgan fingerprint density at radius 1 is 1.24 bits per heavy atom. The van der Waals surface area contributed by atoms with Crippen LogP contribution in [-0.4, -0.2) is 16.8 Å². The van der Waals surface area contributed by atoms with Gasteiger partial charge in [0, 0.05) is 18.3 Å². The standard InChI is InChI=1S/C10H8BClF3N2/c1-17-5-4-10(16-17)7-2-3-9(12)8(6-7)11(13,14)15/h2-6H,1H3/q-1. The van der Waals surface area contributed by atoms with Gasteiger partial charge in [-0.3, -0.25) is 4.68 Å². The van der Waals surface area contributed by atoms with Crippen molar-refractivity contribution in [2.45, 2.75) is 0 Å². The molecule has 2 aromatic rings.